The van der Waals surface area contributed by atoms with Crippen molar-refractivity contribution < 1.29 is 15.0 Å². The molecule has 4 heteroatoms. The Hall–Kier alpha value is -2.00. The van der Waals surface area contributed by atoms with E-state index in [0.717, 1.165) is 0 Å². The van der Waals surface area contributed by atoms with Crippen molar-refractivity contribution in [1.29, 1.82) is 0 Å². The lowest BCUT2D eigenvalue weighted by Crippen LogP contribution is -1.97. The van der Waals surface area contributed by atoms with Crippen LogP contribution in [-0.4, -0.2) is 16.2 Å². The van der Waals surface area contributed by atoms with Crippen molar-refractivity contribution in [2.24, 2.45) is 0 Å². The highest BCUT2D eigenvalue weighted by molar-refractivity contribution is 6.31. The average molecular weight is 251 g/mol. The highest BCUT2D eigenvalue weighted by Crippen LogP contribution is 2.23. The van der Waals surface area contributed by atoms with Gasteiger partial charge in [0.2, 0.25) is 0 Å². The van der Waals surface area contributed by atoms with Gasteiger partial charge in [-0.15, -0.1) is 0 Å². The molecule has 1 aromatic rings. The van der Waals surface area contributed by atoms with Crippen molar-refractivity contribution in [2.75, 3.05) is 0 Å². The highest BCUT2D eigenvalue weighted by atomic mass is 35.5. The summed E-state index contributed by atoms with van der Waals surface area (Å²) in [6.45, 7) is 6.88. The summed E-state index contributed by atoms with van der Waals surface area (Å²) < 4.78 is 0. The summed E-state index contributed by atoms with van der Waals surface area (Å²) in [4.78, 5) is 10.8. The van der Waals surface area contributed by atoms with Crippen molar-refractivity contribution >= 4 is 23.1 Å². The molecule has 0 aliphatic heterocycles. The van der Waals surface area contributed by atoms with Crippen LogP contribution < -0.4 is 0 Å². The van der Waals surface area contributed by atoms with Gasteiger partial charge in [0.1, 0.15) is 5.76 Å². The van der Waals surface area contributed by atoms with E-state index in [0.29, 0.717) is 11.1 Å². The number of carboxylic acid groups (broad SMARTS) is 1. The quantitative estimate of drug-likeness (QED) is 0.634. The number of halogens is 1. The van der Waals surface area contributed by atoms with Gasteiger partial charge in [-0.25, -0.2) is 4.79 Å². The number of rotatable bonds is 4. The van der Waals surface area contributed by atoms with Crippen LogP contribution >= 0.6 is 11.6 Å². The number of carboxylic acids is 1. The van der Waals surface area contributed by atoms with Gasteiger partial charge >= 0.3 is 5.97 Å². The van der Waals surface area contributed by atoms with E-state index in [-0.39, 0.29) is 16.4 Å². The topological polar surface area (TPSA) is 57.5 Å². The lowest BCUT2D eigenvalue weighted by molar-refractivity contribution is 0.0697. The van der Waals surface area contributed by atoms with Crippen LogP contribution in [0.5, 0.6) is 0 Å². The second-order valence-corrected chi connectivity index (χ2v) is 3.82. The Kier molecular flexibility index (Phi) is 4.12. The van der Waals surface area contributed by atoms with Crippen molar-refractivity contribution in [3.05, 3.63) is 65.4 Å². The predicted octanol–water partition coefficient (Wildman–Crippen LogP) is 3.59. The molecule has 0 unspecified atom stereocenters. The molecule has 1 rings (SSSR count). The Labute approximate surface area is 104 Å². The van der Waals surface area contributed by atoms with Crippen molar-refractivity contribution in [3.63, 3.8) is 0 Å². The molecule has 0 saturated carbocycles. The third-order valence-electron chi connectivity index (χ3n) is 2.03. The molecular formula is C13H11ClO3. The number of carbonyl (C=O) groups is 1. The minimum Gasteiger partial charge on any atom is -0.508 e. The van der Waals surface area contributed by atoms with Crippen LogP contribution in [0, 0.1) is 0 Å². The number of hydrogen-bond donors (Lipinski definition) is 2. The Bertz CT molecular complexity index is 515. The Morgan fingerprint density at radius 1 is 1.24 bits per heavy atom. The normalized spacial score (nSPS) is 11.0. The van der Waals surface area contributed by atoms with Crippen LogP contribution in [-0.2, 0) is 0 Å². The summed E-state index contributed by atoms with van der Waals surface area (Å²) in [5.74, 6) is -1.24. The lowest BCUT2D eigenvalue weighted by Gasteiger charge is -2.07. The maximum Gasteiger partial charge on any atom is 0.335 e. The van der Waals surface area contributed by atoms with E-state index in [2.05, 4.69) is 13.2 Å². The number of aliphatic hydroxyl groups excluding tert-OH is 1. The molecule has 88 valence electrons. The highest BCUT2D eigenvalue weighted by Gasteiger charge is 2.09. The third kappa shape index (κ3) is 3.50. The van der Waals surface area contributed by atoms with Crippen LogP contribution in [0.2, 0.25) is 0 Å². The van der Waals surface area contributed by atoms with E-state index in [1.54, 1.807) is 12.1 Å². The summed E-state index contributed by atoms with van der Waals surface area (Å²) in [5.41, 5.74) is 0.974. The van der Waals surface area contributed by atoms with E-state index in [9.17, 15) is 9.90 Å². The fraction of sp³-hybridized carbons (Fsp3) is 0. The molecule has 0 radical (unpaired) electrons. The molecule has 1 aromatic carbocycles. The smallest absolute Gasteiger partial charge is 0.335 e. The molecule has 0 heterocycles. The predicted molar refractivity (Wildman–Crippen MR) is 68.1 cm³/mol. The van der Waals surface area contributed by atoms with E-state index in [1.807, 2.05) is 0 Å². The first kappa shape index (κ1) is 13.1. The minimum atomic E-state index is -1.04. The molecule has 0 fully saturated rings. The maximum absolute atomic E-state index is 10.8. The summed E-state index contributed by atoms with van der Waals surface area (Å²) in [6, 6.07) is 6.11. The molecule has 3 nitrogen and oxygen atoms in total. The first-order chi connectivity index (χ1) is 7.91. The lowest BCUT2D eigenvalue weighted by atomic mass is 10.0. The van der Waals surface area contributed by atoms with Crippen molar-refractivity contribution in [3.8, 4) is 0 Å². The van der Waals surface area contributed by atoms with Crippen molar-refractivity contribution in [1.82, 2.24) is 0 Å². The molecule has 0 aliphatic carbocycles. The molecule has 0 aromatic heterocycles. The zero-order chi connectivity index (χ0) is 13.0. The fourth-order valence-corrected chi connectivity index (χ4v) is 1.42. The monoisotopic (exact) mass is 250 g/mol. The van der Waals surface area contributed by atoms with Crippen LogP contribution in [0.15, 0.2) is 54.3 Å². The second-order valence-electron chi connectivity index (χ2n) is 3.34. The zero-order valence-electron chi connectivity index (χ0n) is 8.98. The van der Waals surface area contributed by atoms with E-state index >= 15 is 0 Å². The van der Waals surface area contributed by atoms with Gasteiger partial charge in [0.15, 0.2) is 0 Å². The van der Waals surface area contributed by atoms with Gasteiger partial charge in [-0.05, 0) is 23.8 Å². The number of hydrogen-bond acceptors (Lipinski definition) is 2. The molecule has 0 bridgehead atoms. The molecule has 0 atom stereocenters. The maximum atomic E-state index is 10.8. The van der Waals surface area contributed by atoms with E-state index in [1.165, 1.54) is 18.2 Å². The molecule has 0 spiro atoms. The molecule has 0 aliphatic rings. The van der Waals surface area contributed by atoms with Crippen molar-refractivity contribution in [2.45, 2.75) is 0 Å². The summed E-state index contributed by atoms with van der Waals surface area (Å²) in [5, 5.41) is 18.5. The van der Waals surface area contributed by atoms with Gasteiger partial charge in [-0.2, -0.15) is 0 Å². The summed E-state index contributed by atoms with van der Waals surface area (Å²) in [7, 11) is 0. The van der Waals surface area contributed by atoms with Crippen LogP contribution in [0.25, 0.3) is 5.57 Å². The number of aliphatic hydroxyl groups is 1. The molecule has 0 amide bonds. The van der Waals surface area contributed by atoms with Crippen LogP contribution in [0.4, 0.5) is 0 Å². The fourth-order valence-electron chi connectivity index (χ4n) is 1.31. The van der Waals surface area contributed by atoms with Gasteiger partial charge in [0.25, 0.3) is 0 Å². The Morgan fingerprint density at radius 2 is 1.82 bits per heavy atom. The minimum absolute atomic E-state index is 0.120. The standard InChI is InChI=1S/C13H11ClO3/c1-8(14)6-12(9(2)15)10-4-3-5-11(7-10)13(16)17/h3-7,15H,1-2H2,(H,16,17)/b12-6+. The average Bonchev–Trinajstić information content (AvgIpc) is 2.25. The third-order valence-corrected chi connectivity index (χ3v) is 2.14. The van der Waals surface area contributed by atoms with Gasteiger partial charge in [0, 0.05) is 10.6 Å². The zero-order valence-corrected chi connectivity index (χ0v) is 9.74. The first-order valence-electron chi connectivity index (χ1n) is 4.70. The number of allylic oxidation sites excluding steroid dienone is 3. The SMILES string of the molecule is C=C(Cl)/C=C(\C(=C)O)c1cccc(C(=O)O)c1. The summed E-state index contributed by atoms with van der Waals surface area (Å²) in [6.07, 6.45) is 1.42. The van der Waals surface area contributed by atoms with Crippen LogP contribution in [0.3, 0.4) is 0 Å². The van der Waals surface area contributed by atoms with E-state index < -0.39 is 5.97 Å². The molecular weight excluding hydrogens is 240 g/mol. The Balaban J connectivity index is 3.29. The molecule has 0 saturated heterocycles. The van der Waals surface area contributed by atoms with Gasteiger partial charge in [-0.3, -0.25) is 0 Å². The number of benzene rings is 1. The van der Waals surface area contributed by atoms with Gasteiger partial charge < -0.3 is 10.2 Å². The van der Waals surface area contributed by atoms with Gasteiger partial charge in [0.05, 0.1) is 5.56 Å². The van der Waals surface area contributed by atoms with Gasteiger partial charge in [-0.1, -0.05) is 36.9 Å². The van der Waals surface area contributed by atoms with E-state index in [4.69, 9.17) is 16.7 Å². The largest absolute Gasteiger partial charge is 0.508 e. The summed E-state index contributed by atoms with van der Waals surface area (Å²) >= 11 is 5.63. The first-order valence-corrected chi connectivity index (χ1v) is 5.07. The van der Waals surface area contributed by atoms with Crippen LogP contribution in [0.1, 0.15) is 15.9 Å². The Morgan fingerprint density at radius 3 is 2.29 bits per heavy atom. The second kappa shape index (κ2) is 5.37. The molecule has 2 N–H and O–H groups in total. The molecule has 17 heavy (non-hydrogen) atoms. The number of aromatic carboxylic acids is 1.